The molecule has 2 aromatic heterocycles. The molecule has 0 bridgehead atoms. The summed E-state index contributed by atoms with van der Waals surface area (Å²) >= 11 is 5.89. The van der Waals surface area contributed by atoms with Crippen LogP contribution in [0.5, 0.6) is 0 Å². The van der Waals surface area contributed by atoms with Crippen molar-refractivity contribution < 1.29 is 61.4 Å². The van der Waals surface area contributed by atoms with Crippen LogP contribution < -0.4 is 0 Å². The van der Waals surface area contributed by atoms with E-state index in [0.29, 0.717) is 11.2 Å². The fraction of sp³-hybridized carbons (Fsp3) is 0.538. The monoisotopic (exact) mass is 553 g/mol. The number of aliphatic hydroxyl groups excluding tert-OH is 2. The number of hydrogen-bond acceptors (Lipinski definition) is 11. The van der Waals surface area contributed by atoms with E-state index in [0.717, 1.165) is 0 Å². The smallest absolute Gasteiger partial charge is 0.387 e. The van der Waals surface area contributed by atoms with Gasteiger partial charge in [0.2, 0.25) is 0 Å². The van der Waals surface area contributed by atoms with E-state index < -0.39 is 59.9 Å². The summed E-state index contributed by atoms with van der Waals surface area (Å²) in [7, 11) is -16.8. The van der Waals surface area contributed by atoms with E-state index in [1.807, 2.05) is 0 Å². The summed E-state index contributed by atoms with van der Waals surface area (Å²) < 4.78 is 53.1. The number of phosphoric ester groups is 1. The molecule has 1 saturated heterocycles. The quantitative estimate of drug-likeness (QED) is 0.179. The average molecular weight is 554 g/mol. The topological polar surface area (TPSA) is 240 Å². The Morgan fingerprint density at radius 3 is 2.42 bits per heavy atom. The number of halogens is 1. The summed E-state index contributed by atoms with van der Waals surface area (Å²) in [5, 5.41) is 25.2. The third kappa shape index (κ3) is 5.89. The van der Waals surface area contributed by atoms with Gasteiger partial charge in [-0.15, -0.1) is 11.6 Å². The predicted octanol–water partition coefficient (Wildman–Crippen LogP) is 0.152. The van der Waals surface area contributed by atoms with Gasteiger partial charge in [0.25, 0.3) is 0 Å². The minimum Gasteiger partial charge on any atom is -0.387 e. The third-order valence-electron chi connectivity index (χ3n) is 4.61. The molecule has 1 aliphatic heterocycles. The number of hydrogen-bond donors (Lipinski definition) is 6. The number of aliphatic hydroxyl groups is 2. The molecular weight excluding hydrogens is 535 g/mol. The summed E-state index contributed by atoms with van der Waals surface area (Å²) in [6.45, 7) is 0.666. The standard InChI is InChI=1S/C13H19ClN3O13P3/c1-7-8-2-3-9(17(8)16-6-15-7)11-10(18)12(19)13(4-14,28-11)5-27-32(23,24)30-33(25,26)29-31(20,21)22/h2-3,6,10-12,18-19H,4-5H2,1H3,(H,23,24)(H,25,26)(H2,20,21,22)/t10-,11-,12-,13+/m0/s1. The first kappa shape index (κ1) is 26.8. The minimum absolute atomic E-state index is 0.285. The van der Waals surface area contributed by atoms with Crippen molar-refractivity contribution in [2.45, 2.75) is 30.8 Å². The van der Waals surface area contributed by atoms with E-state index in [1.54, 1.807) is 19.1 Å². The molecule has 3 rings (SSSR count). The second-order valence-electron chi connectivity index (χ2n) is 6.94. The van der Waals surface area contributed by atoms with Gasteiger partial charge in [0.1, 0.15) is 30.2 Å². The van der Waals surface area contributed by atoms with Gasteiger partial charge in [-0.2, -0.15) is 13.7 Å². The van der Waals surface area contributed by atoms with Crippen LogP contribution >= 0.6 is 35.1 Å². The summed E-state index contributed by atoms with van der Waals surface area (Å²) in [4.78, 5) is 40.1. The van der Waals surface area contributed by atoms with Gasteiger partial charge in [-0.25, -0.2) is 23.2 Å². The van der Waals surface area contributed by atoms with Crippen LogP contribution in [-0.4, -0.2) is 74.7 Å². The van der Waals surface area contributed by atoms with Crippen LogP contribution in [0.25, 0.3) is 5.52 Å². The molecule has 0 radical (unpaired) electrons. The summed E-state index contributed by atoms with van der Waals surface area (Å²) in [5.41, 5.74) is -0.536. The summed E-state index contributed by atoms with van der Waals surface area (Å²) in [5.74, 6) is -0.588. The van der Waals surface area contributed by atoms with Crippen molar-refractivity contribution in [3.63, 3.8) is 0 Å². The first-order valence-electron chi connectivity index (χ1n) is 8.77. The Kier molecular flexibility index (Phi) is 7.58. The molecule has 2 unspecified atom stereocenters. The second kappa shape index (κ2) is 9.34. The molecule has 0 aliphatic carbocycles. The Balaban J connectivity index is 1.80. The summed E-state index contributed by atoms with van der Waals surface area (Å²) in [6, 6.07) is 3.18. The SMILES string of the molecule is Cc1ncnn2c([C@@H]3O[C@](CCl)(COP(=O)(O)OP(=O)(O)OP(=O)(O)O)[C@@H](O)[C@H]3O)ccc12. The van der Waals surface area contributed by atoms with Crippen molar-refractivity contribution in [2.75, 3.05) is 12.5 Å². The molecule has 186 valence electrons. The van der Waals surface area contributed by atoms with E-state index in [9.17, 15) is 33.7 Å². The molecule has 1 fully saturated rings. The molecule has 3 heterocycles. The van der Waals surface area contributed by atoms with Crippen molar-refractivity contribution in [2.24, 2.45) is 0 Å². The number of ether oxygens (including phenoxy) is 1. The number of alkyl halides is 1. The van der Waals surface area contributed by atoms with Gasteiger partial charge < -0.3 is 34.5 Å². The Hall–Kier alpha value is -0.800. The van der Waals surface area contributed by atoms with Gasteiger partial charge in [-0.05, 0) is 19.1 Å². The lowest BCUT2D eigenvalue weighted by Crippen LogP contribution is -2.48. The summed E-state index contributed by atoms with van der Waals surface area (Å²) in [6.07, 6.45) is -3.36. The molecule has 2 aromatic rings. The molecule has 0 spiro atoms. The maximum Gasteiger partial charge on any atom is 0.490 e. The third-order valence-corrected chi connectivity index (χ3v) is 8.85. The van der Waals surface area contributed by atoms with Crippen LogP contribution in [0.4, 0.5) is 0 Å². The molecular formula is C13H19ClN3O13P3. The zero-order chi connectivity index (χ0) is 24.8. The molecule has 33 heavy (non-hydrogen) atoms. The minimum atomic E-state index is -5.74. The molecule has 6 N–H and O–H groups in total. The van der Waals surface area contributed by atoms with Gasteiger partial charge in [0.05, 0.1) is 29.4 Å². The number of nitrogens with zero attached hydrogens (tertiary/aromatic N) is 3. The molecule has 16 nitrogen and oxygen atoms in total. The van der Waals surface area contributed by atoms with E-state index in [2.05, 4.69) is 23.2 Å². The molecule has 0 saturated carbocycles. The fourth-order valence-electron chi connectivity index (χ4n) is 3.16. The Labute approximate surface area is 190 Å². The number of fused-ring (bicyclic) bond motifs is 1. The second-order valence-corrected chi connectivity index (χ2v) is 11.6. The van der Waals surface area contributed by atoms with E-state index >= 15 is 0 Å². The number of phosphoric acid groups is 3. The van der Waals surface area contributed by atoms with Crippen molar-refractivity contribution in [3.8, 4) is 0 Å². The maximum atomic E-state index is 12.0. The van der Waals surface area contributed by atoms with Gasteiger partial charge in [0.15, 0.2) is 0 Å². The van der Waals surface area contributed by atoms with Crippen molar-refractivity contribution in [3.05, 3.63) is 29.8 Å². The highest BCUT2D eigenvalue weighted by Gasteiger charge is 2.56. The number of aromatic nitrogens is 3. The lowest BCUT2D eigenvalue weighted by atomic mass is 9.96. The first-order chi connectivity index (χ1) is 15.1. The lowest BCUT2D eigenvalue weighted by Gasteiger charge is -2.30. The van der Waals surface area contributed by atoms with Gasteiger partial charge >= 0.3 is 23.5 Å². The Bertz CT molecular complexity index is 1170. The van der Waals surface area contributed by atoms with Crippen molar-refractivity contribution in [1.82, 2.24) is 14.6 Å². The number of aryl methyl sites for hydroxylation is 1. The van der Waals surface area contributed by atoms with Gasteiger partial charge in [-0.3, -0.25) is 4.52 Å². The molecule has 1 aliphatic rings. The van der Waals surface area contributed by atoms with Crippen LogP contribution in [0, 0.1) is 6.92 Å². The molecule has 6 atom stereocenters. The van der Waals surface area contributed by atoms with Crippen LogP contribution in [-0.2, 0) is 31.6 Å². The lowest BCUT2D eigenvalue weighted by molar-refractivity contribution is -0.0958. The van der Waals surface area contributed by atoms with Crippen LogP contribution in [0.2, 0.25) is 0 Å². The Morgan fingerprint density at radius 2 is 1.82 bits per heavy atom. The largest absolute Gasteiger partial charge is 0.490 e. The fourth-order valence-corrected chi connectivity index (χ4v) is 6.53. The highest BCUT2D eigenvalue weighted by molar-refractivity contribution is 7.66. The first-order valence-corrected chi connectivity index (χ1v) is 13.8. The van der Waals surface area contributed by atoms with Crippen LogP contribution in [0.15, 0.2) is 18.5 Å². The van der Waals surface area contributed by atoms with Gasteiger partial charge in [0, 0.05) is 0 Å². The predicted molar refractivity (Wildman–Crippen MR) is 107 cm³/mol. The normalized spacial score (nSPS) is 29.8. The zero-order valence-electron chi connectivity index (χ0n) is 16.5. The molecule has 0 amide bonds. The Morgan fingerprint density at radius 1 is 1.15 bits per heavy atom. The van der Waals surface area contributed by atoms with E-state index in [1.165, 1.54) is 10.8 Å². The highest BCUT2D eigenvalue weighted by atomic mass is 35.5. The van der Waals surface area contributed by atoms with Crippen molar-refractivity contribution in [1.29, 1.82) is 0 Å². The molecule has 0 aromatic carbocycles. The van der Waals surface area contributed by atoms with Crippen molar-refractivity contribution >= 4 is 40.6 Å². The van der Waals surface area contributed by atoms with Crippen LogP contribution in [0.3, 0.4) is 0 Å². The van der Waals surface area contributed by atoms with Crippen LogP contribution in [0.1, 0.15) is 17.5 Å². The average Bonchev–Trinajstić information content (AvgIpc) is 3.19. The maximum absolute atomic E-state index is 12.0. The number of rotatable bonds is 9. The molecule has 20 heteroatoms. The van der Waals surface area contributed by atoms with E-state index in [-0.39, 0.29) is 5.69 Å². The van der Waals surface area contributed by atoms with E-state index in [4.69, 9.17) is 26.1 Å². The zero-order valence-corrected chi connectivity index (χ0v) is 19.9. The van der Waals surface area contributed by atoms with Gasteiger partial charge in [-0.1, -0.05) is 0 Å². The highest BCUT2D eigenvalue weighted by Crippen LogP contribution is 2.66.